The highest BCUT2D eigenvalue weighted by Gasteiger charge is 2.34. The number of aryl methyl sites for hydroxylation is 1. The number of pyridine rings is 1. The van der Waals surface area contributed by atoms with Crippen LogP contribution >= 0.6 is 11.6 Å². The van der Waals surface area contributed by atoms with E-state index >= 15 is 0 Å². The second kappa shape index (κ2) is 6.10. The largest absolute Gasteiger partial charge is 0.418 e. The van der Waals surface area contributed by atoms with Gasteiger partial charge < -0.3 is 5.32 Å². The van der Waals surface area contributed by atoms with Crippen molar-refractivity contribution in [2.24, 2.45) is 0 Å². The lowest BCUT2D eigenvalue weighted by Crippen LogP contribution is -2.09. The van der Waals surface area contributed by atoms with E-state index in [9.17, 15) is 13.2 Å². The van der Waals surface area contributed by atoms with Gasteiger partial charge in [-0.2, -0.15) is 13.2 Å². The van der Waals surface area contributed by atoms with E-state index < -0.39 is 11.7 Å². The van der Waals surface area contributed by atoms with Crippen LogP contribution in [0.5, 0.6) is 0 Å². The zero-order valence-corrected chi connectivity index (χ0v) is 12.6. The molecule has 0 radical (unpaired) electrons. The standard InChI is InChI=1S/C15H16ClF3N2/c1-3-5-9-6-10-7-11(16)8-12(15(17,18)19)13(10)21-14(9)20-4-2/h6-8H,3-5H2,1-2H3,(H,20,21). The molecular formula is C15H16ClF3N2. The van der Waals surface area contributed by atoms with Crippen molar-refractivity contribution >= 4 is 28.3 Å². The number of benzene rings is 1. The highest BCUT2D eigenvalue weighted by atomic mass is 35.5. The fraction of sp³-hybridized carbons (Fsp3) is 0.400. The van der Waals surface area contributed by atoms with Crippen LogP contribution in [0.4, 0.5) is 19.0 Å². The van der Waals surface area contributed by atoms with Crippen LogP contribution < -0.4 is 5.32 Å². The summed E-state index contributed by atoms with van der Waals surface area (Å²) in [5.74, 6) is 0.514. The second-order valence-electron chi connectivity index (χ2n) is 4.80. The Morgan fingerprint density at radius 1 is 1.19 bits per heavy atom. The summed E-state index contributed by atoms with van der Waals surface area (Å²) in [7, 11) is 0. The fourth-order valence-electron chi connectivity index (χ4n) is 2.29. The quantitative estimate of drug-likeness (QED) is 0.828. The minimum atomic E-state index is -4.48. The molecule has 2 rings (SSSR count). The molecule has 0 unspecified atom stereocenters. The molecule has 21 heavy (non-hydrogen) atoms. The van der Waals surface area contributed by atoms with Gasteiger partial charge in [0.25, 0.3) is 0 Å². The van der Waals surface area contributed by atoms with Gasteiger partial charge in [-0.05, 0) is 37.1 Å². The first-order valence-corrected chi connectivity index (χ1v) is 7.18. The number of fused-ring (bicyclic) bond motifs is 1. The van der Waals surface area contributed by atoms with Crippen LogP contribution in [0.3, 0.4) is 0 Å². The molecule has 0 aliphatic rings. The first-order valence-electron chi connectivity index (χ1n) is 6.81. The molecule has 6 heteroatoms. The van der Waals surface area contributed by atoms with Crippen molar-refractivity contribution in [1.82, 2.24) is 4.98 Å². The van der Waals surface area contributed by atoms with Crippen LogP contribution in [0.2, 0.25) is 5.02 Å². The third-order valence-corrected chi connectivity index (χ3v) is 3.35. The van der Waals surface area contributed by atoms with Crippen LogP contribution in [0.15, 0.2) is 18.2 Å². The number of halogens is 4. The van der Waals surface area contributed by atoms with Gasteiger partial charge in [0.15, 0.2) is 0 Å². The Morgan fingerprint density at radius 3 is 2.48 bits per heavy atom. The van der Waals surface area contributed by atoms with Crippen LogP contribution in [-0.4, -0.2) is 11.5 Å². The molecule has 0 saturated heterocycles. The summed E-state index contributed by atoms with van der Waals surface area (Å²) in [6.45, 7) is 4.50. The van der Waals surface area contributed by atoms with E-state index in [-0.39, 0.29) is 10.5 Å². The molecule has 0 bridgehead atoms. The summed E-state index contributed by atoms with van der Waals surface area (Å²) in [6.07, 6.45) is -2.84. The van der Waals surface area contributed by atoms with Crippen molar-refractivity contribution < 1.29 is 13.2 Å². The molecule has 114 valence electrons. The molecule has 1 aromatic carbocycles. The number of hydrogen-bond donors (Lipinski definition) is 1. The average molecular weight is 317 g/mol. The maximum Gasteiger partial charge on any atom is 0.418 e. The fourth-order valence-corrected chi connectivity index (χ4v) is 2.52. The number of alkyl halides is 3. The SMILES string of the molecule is CCCc1cc2cc(Cl)cc(C(F)(F)F)c2nc1NCC. The van der Waals surface area contributed by atoms with Gasteiger partial charge in [0.1, 0.15) is 5.82 Å². The predicted octanol–water partition coefficient (Wildman–Crippen LogP) is 5.29. The number of aromatic nitrogens is 1. The van der Waals surface area contributed by atoms with E-state index in [4.69, 9.17) is 11.6 Å². The van der Waals surface area contributed by atoms with Crippen LogP contribution in [0.1, 0.15) is 31.4 Å². The van der Waals surface area contributed by atoms with Crippen LogP contribution in [0, 0.1) is 0 Å². The van der Waals surface area contributed by atoms with Gasteiger partial charge in [-0.1, -0.05) is 24.9 Å². The van der Waals surface area contributed by atoms with E-state index in [1.54, 1.807) is 6.07 Å². The van der Waals surface area contributed by atoms with Gasteiger partial charge in [-0.3, -0.25) is 0 Å². The molecule has 0 aliphatic carbocycles. The third-order valence-electron chi connectivity index (χ3n) is 3.13. The van der Waals surface area contributed by atoms with Gasteiger partial charge in [0.2, 0.25) is 0 Å². The molecule has 0 aliphatic heterocycles. The minimum absolute atomic E-state index is 0.0651. The average Bonchev–Trinajstić information content (AvgIpc) is 2.38. The molecule has 0 saturated carbocycles. The smallest absolute Gasteiger partial charge is 0.370 e. The lowest BCUT2D eigenvalue weighted by Gasteiger charge is -2.15. The predicted molar refractivity (Wildman–Crippen MR) is 79.9 cm³/mol. The topological polar surface area (TPSA) is 24.9 Å². The summed E-state index contributed by atoms with van der Waals surface area (Å²) in [4.78, 5) is 4.20. The number of rotatable bonds is 4. The maximum absolute atomic E-state index is 13.1. The van der Waals surface area contributed by atoms with E-state index in [1.165, 1.54) is 6.07 Å². The van der Waals surface area contributed by atoms with Crippen LogP contribution in [-0.2, 0) is 12.6 Å². The highest BCUT2D eigenvalue weighted by Crippen LogP contribution is 2.37. The summed E-state index contributed by atoms with van der Waals surface area (Å²) in [6, 6.07) is 4.19. The Kier molecular flexibility index (Phi) is 4.61. The zero-order chi connectivity index (χ0) is 15.6. The summed E-state index contributed by atoms with van der Waals surface area (Å²) in [5, 5.41) is 3.52. The lowest BCUT2D eigenvalue weighted by atomic mass is 10.0. The summed E-state index contributed by atoms with van der Waals surface area (Å²) < 4.78 is 39.4. The molecule has 0 fully saturated rings. The summed E-state index contributed by atoms with van der Waals surface area (Å²) >= 11 is 5.82. The molecule has 2 aromatic rings. The Bertz CT molecular complexity index is 653. The van der Waals surface area contributed by atoms with Crippen LogP contribution in [0.25, 0.3) is 10.9 Å². The highest BCUT2D eigenvalue weighted by molar-refractivity contribution is 6.31. The van der Waals surface area contributed by atoms with Crippen molar-refractivity contribution in [3.63, 3.8) is 0 Å². The Balaban J connectivity index is 2.74. The van der Waals surface area contributed by atoms with E-state index in [2.05, 4.69) is 10.3 Å². The molecule has 0 spiro atoms. The van der Waals surface area contributed by atoms with Gasteiger partial charge in [-0.15, -0.1) is 0 Å². The van der Waals surface area contributed by atoms with E-state index in [0.717, 1.165) is 24.5 Å². The van der Waals surface area contributed by atoms with Crippen molar-refractivity contribution in [3.8, 4) is 0 Å². The minimum Gasteiger partial charge on any atom is -0.370 e. The molecule has 1 N–H and O–H groups in total. The molecule has 1 aromatic heterocycles. The lowest BCUT2D eigenvalue weighted by molar-refractivity contribution is -0.136. The Morgan fingerprint density at radius 2 is 1.90 bits per heavy atom. The van der Waals surface area contributed by atoms with Crippen molar-refractivity contribution in [2.75, 3.05) is 11.9 Å². The summed E-state index contributed by atoms with van der Waals surface area (Å²) in [5.41, 5.74) is 0.0390. The number of nitrogens with one attached hydrogen (secondary N) is 1. The molecule has 1 heterocycles. The number of anilines is 1. The Labute approximate surface area is 126 Å². The molecule has 2 nitrogen and oxygen atoms in total. The Hall–Kier alpha value is -1.49. The van der Waals surface area contributed by atoms with Crippen molar-refractivity contribution in [1.29, 1.82) is 0 Å². The monoisotopic (exact) mass is 316 g/mol. The molecule has 0 amide bonds. The van der Waals surface area contributed by atoms with Crippen molar-refractivity contribution in [2.45, 2.75) is 32.9 Å². The van der Waals surface area contributed by atoms with Gasteiger partial charge >= 0.3 is 6.18 Å². The second-order valence-corrected chi connectivity index (χ2v) is 5.24. The zero-order valence-electron chi connectivity index (χ0n) is 11.8. The number of nitrogens with zero attached hydrogens (tertiary/aromatic N) is 1. The van der Waals surface area contributed by atoms with E-state index in [1.807, 2.05) is 13.8 Å². The third kappa shape index (κ3) is 3.40. The van der Waals surface area contributed by atoms with Gasteiger partial charge in [0.05, 0.1) is 11.1 Å². The number of hydrogen-bond acceptors (Lipinski definition) is 2. The van der Waals surface area contributed by atoms with Gasteiger partial charge in [-0.25, -0.2) is 4.98 Å². The maximum atomic E-state index is 13.1. The first kappa shape index (κ1) is 15.9. The van der Waals surface area contributed by atoms with Gasteiger partial charge in [0, 0.05) is 17.0 Å². The normalized spacial score (nSPS) is 11.9. The van der Waals surface area contributed by atoms with Crippen molar-refractivity contribution in [3.05, 3.63) is 34.3 Å². The molecular weight excluding hydrogens is 301 g/mol. The first-order chi connectivity index (χ1) is 9.86. The van der Waals surface area contributed by atoms with E-state index in [0.29, 0.717) is 17.7 Å². The molecule has 0 atom stereocenters.